The van der Waals surface area contributed by atoms with Crippen LogP contribution in [-0.4, -0.2) is 28.1 Å². The van der Waals surface area contributed by atoms with Crippen molar-refractivity contribution in [2.45, 2.75) is 58.6 Å². The monoisotopic (exact) mass is 358 g/mol. The summed E-state index contributed by atoms with van der Waals surface area (Å²) in [6.07, 6.45) is 2.31. The van der Waals surface area contributed by atoms with Gasteiger partial charge < -0.3 is 4.74 Å². The highest BCUT2D eigenvalue weighted by Crippen LogP contribution is 2.36. The van der Waals surface area contributed by atoms with E-state index in [1.807, 2.05) is 43.9 Å². The molecule has 0 fully saturated rings. The van der Waals surface area contributed by atoms with Crippen LogP contribution in [0.15, 0.2) is 30.3 Å². The van der Waals surface area contributed by atoms with Gasteiger partial charge in [0.1, 0.15) is 5.60 Å². The van der Waals surface area contributed by atoms with Crippen molar-refractivity contribution in [2.75, 3.05) is 6.54 Å². The highest BCUT2D eigenvalue weighted by molar-refractivity contribution is 7.11. The van der Waals surface area contributed by atoms with Gasteiger partial charge in [0.15, 0.2) is 0 Å². The van der Waals surface area contributed by atoms with E-state index >= 15 is 0 Å². The number of benzene rings is 1. The predicted octanol–water partition coefficient (Wildman–Crippen LogP) is 4.78. The number of hydrogen-bond acceptors (Lipinski definition) is 4. The molecule has 1 amide bonds. The van der Waals surface area contributed by atoms with Crippen LogP contribution in [0.4, 0.5) is 4.79 Å². The maximum absolute atomic E-state index is 12.8. The van der Waals surface area contributed by atoms with Crippen molar-refractivity contribution in [1.29, 1.82) is 0 Å². The summed E-state index contributed by atoms with van der Waals surface area (Å²) in [5.41, 5.74) is 1.77. The minimum Gasteiger partial charge on any atom is -0.444 e. The Morgan fingerprint density at radius 1 is 1.32 bits per heavy atom. The molecule has 0 spiro atoms. The Kier molecular flexibility index (Phi) is 5.13. The molecule has 2 heterocycles. The molecular weight excluding hydrogens is 332 g/mol. The summed E-state index contributed by atoms with van der Waals surface area (Å²) >= 11 is 1.79. The minimum atomic E-state index is -0.495. The van der Waals surface area contributed by atoms with Gasteiger partial charge in [-0.25, -0.2) is 9.78 Å². The van der Waals surface area contributed by atoms with Crippen molar-refractivity contribution in [3.8, 4) is 0 Å². The first-order valence-electron chi connectivity index (χ1n) is 8.89. The van der Waals surface area contributed by atoms with E-state index in [9.17, 15) is 4.79 Å². The van der Waals surface area contributed by atoms with Crippen molar-refractivity contribution < 1.29 is 9.53 Å². The minimum absolute atomic E-state index is 0.0578. The average Bonchev–Trinajstić information content (AvgIpc) is 2.98. The molecule has 1 aliphatic heterocycles. The lowest BCUT2D eigenvalue weighted by Crippen LogP contribution is -2.43. The molecule has 0 N–H and O–H groups in total. The van der Waals surface area contributed by atoms with Crippen LogP contribution in [0.3, 0.4) is 0 Å². The van der Waals surface area contributed by atoms with Gasteiger partial charge in [-0.1, -0.05) is 37.3 Å². The molecule has 2 aromatic rings. The maximum Gasteiger partial charge on any atom is 0.410 e. The number of hydrogen-bond donors (Lipinski definition) is 0. The number of ether oxygens (including phenoxy) is 1. The standard InChI is InChI=1S/C20H26N2O2S/c1-5-17-21-18-15(13-14-9-7-6-8-10-14)22(12-11-16(18)25-17)19(23)24-20(2,3)4/h6-10,15H,5,11-13H2,1-4H3. The van der Waals surface area contributed by atoms with Gasteiger partial charge in [-0.15, -0.1) is 11.3 Å². The summed E-state index contributed by atoms with van der Waals surface area (Å²) in [6.45, 7) is 8.53. The Morgan fingerprint density at radius 2 is 2.04 bits per heavy atom. The second kappa shape index (κ2) is 7.16. The molecule has 4 nitrogen and oxygen atoms in total. The highest BCUT2D eigenvalue weighted by atomic mass is 32.1. The number of fused-ring (bicyclic) bond motifs is 1. The number of carbonyl (C=O) groups excluding carboxylic acids is 1. The third-order valence-electron chi connectivity index (χ3n) is 4.25. The van der Waals surface area contributed by atoms with Gasteiger partial charge in [0.05, 0.1) is 16.7 Å². The van der Waals surface area contributed by atoms with E-state index in [2.05, 4.69) is 19.1 Å². The van der Waals surface area contributed by atoms with Crippen LogP contribution in [0, 0.1) is 0 Å². The first-order valence-corrected chi connectivity index (χ1v) is 9.71. The van der Waals surface area contributed by atoms with Crippen molar-refractivity contribution in [3.05, 3.63) is 51.5 Å². The van der Waals surface area contributed by atoms with Crippen LogP contribution in [0.25, 0.3) is 0 Å². The lowest BCUT2D eigenvalue weighted by atomic mass is 9.97. The number of aryl methyl sites for hydroxylation is 1. The molecule has 0 radical (unpaired) electrons. The second-order valence-electron chi connectivity index (χ2n) is 7.40. The van der Waals surface area contributed by atoms with Gasteiger partial charge in [-0.05, 0) is 39.2 Å². The largest absolute Gasteiger partial charge is 0.444 e. The zero-order valence-corrected chi connectivity index (χ0v) is 16.2. The molecule has 0 saturated heterocycles. The average molecular weight is 359 g/mol. The van der Waals surface area contributed by atoms with E-state index in [0.29, 0.717) is 6.54 Å². The topological polar surface area (TPSA) is 42.4 Å². The molecule has 1 aromatic carbocycles. The number of nitrogens with zero attached hydrogens (tertiary/aromatic N) is 2. The molecule has 134 valence electrons. The van der Waals surface area contributed by atoms with Crippen LogP contribution < -0.4 is 0 Å². The third kappa shape index (κ3) is 4.21. The first kappa shape index (κ1) is 17.9. The van der Waals surface area contributed by atoms with E-state index in [1.165, 1.54) is 10.4 Å². The summed E-state index contributed by atoms with van der Waals surface area (Å²) < 4.78 is 5.66. The Morgan fingerprint density at radius 3 is 2.68 bits per heavy atom. The smallest absolute Gasteiger partial charge is 0.410 e. The number of amides is 1. The summed E-state index contributed by atoms with van der Waals surface area (Å²) in [5, 5.41) is 1.15. The van der Waals surface area contributed by atoms with Crippen molar-refractivity contribution in [2.24, 2.45) is 0 Å². The molecule has 3 rings (SSSR count). The van der Waals surface area contributed by atoms with Crippen molar-refractivity contribution in [3.63, 3.8) is 0 Å². The molecule has 1 aliphatic rings. The predicted molar refractivity (Wildman–Crippen MR) is 101 cm³/mol. The number of aromatic nitrogens is 1. The number of thiazole rings is 1. The highest BCUT2D eigenvalue weighted by Gasteiger charge is 2.36. The zero-order valence-electron chi connectivity index (χ0n) is 15.4. The zero-order chi connectivity index (χ0) is 18.0. The van der Waals surface area contributed by atoms with Crippen LogP contribution >= 0.6 is 11.3 Å². The fraction of sp³-hybridized carbons (Fsp3) is 0.500. The Hall–Kier alpha value is -1.88. The molecule has 1 unspecified atom stereocenters. The first-order chi connectivity index (χ1) is 11.9. The van der Waals surface area contributed by atoms with E-state index in [-0.39, 0.29) is 12.1 Å². The summed E-state index contributed by atoms with van der Waals surface area (Å²) in [6, 6.07) is 10.2. The molecule has 0 bridgehead atoms. The quantitative estimate of drug-likeness (QED) is 0.793. The SMILES string of the molecule is CCc1nc2c(s1)CCN(C(=O)OC(C)(C)C)C2Cc1ccccc1. The molecule has 0 aliphatic carbocycles. The lowest BCUT2D eigenvalue weighted by Gasteiger charge is -2.36. The Balaban J connectivity index is 1.92. The van der Waals surface area contributed by atoms with Gasteiger partial charge in [0.2, 0.25) is 0 Å². The van der Waals surface area contributed by atoms with Gasteiger partial charge in [-0.3, -0.25) is 4.90 Å². The summed E-state index contributed by atoms with van der Waals surface area (Å²) in [4.78, 5) is 20.8. The van der Waals surface area contributed by atoms with Gasteiger partial charge in [-0.2, -0.15) is 0 Å². The summed E-state index contributed by atoms with van der Waals surface area (Å²) in [5.74, 6) is 0. The van der Waals surface area contributed by atoms with E-state index in [1.54, 1.807) is 11.3 Å². The summed E-state index contributed by atoms with van der Waals surface area (Å²) in [7, 11) is 0. The fourth-order valence-electron chi connectivity index (χ4n) is 3.11. The van der Waals surface area contributed by atoms with Crippen LogP contribution in [0.5, 0.6) is 0 Å². The Bertz CT molecular complexity index is 734. The van der Waals surface area contributed by atoms with E-state index < -0.39 is 5.60 Å². The lowest BCUT2D eigenvalue weighted by molar-refractivity contribution is 0.0138. The molecular formula is C20H26N2O2S. The maximum atomic E-state index is 12.8. The van der Waals surface area contributed by atoms with Crippen LogP contribution in [0.1, 0.15) is 54.9 Å². The number of rotatable bonds is 3. The Labute approximate surface area is 153 Å². The molecule has 1 aromatic heterocycles. The number of carbonyl (C=O) groups is 1. The van der Waals surface area contributed by atoms with Crippen molar-refractivity contribution >= 4 is 17.4 Å². The molecule has 1 atom stereocenters. The van der Waals surface area contributed by atoms with E-state index in [0.717, 1.165) is 30.0 Å². The van der Waals surface area contributed by atoms with Gasteiger partial charge in [0.25, 0.3) is 0 Å². The normalized spacial score (nSPS) is 17.3. The molecule has 5 heteroatoms. The van der Waals surface area contributed by atoms with E-state index in [4.69, 9.17) is 9.72 Å². The third-order valence-corrected chi connectivity index (χ3v) is 5.52. The second-order valence-corrected chi connectivity index (χ2v) is 8.57. The van der Waals surface area contributed by atoms with Crippen LogP contribution in [0.2, 0.25) is 0 Å². The van der Waals surface area contributed by atoms with Gasteiger partial charge >= 0.3 is 6.09 Å². The van der Waals surface area contributed by atoms with Gasteiger partial charge in [0, 0.05) is 17.8 Å². The van der Waals surface area contributed by atoms with Crippen molar-refractivity contribution in [1.82, 2.24) is 9.88 Å². The molecule has 0 saturated carbocycles. The molecule has 25 heavy (non-hydrogen) atoms. The fourth-order valence-corrected chi connectivity index (χ4v) is 4.17. The van der Waals surface area contributed by atoms with Crippen LogP contribution in [-0.2, 0) is 24.0 Å².